The minimum atomic E-state index is 0.277. The van der Waals surface area contributed by atoms with Crippen molar-refractivity contribution in [2.24, 2.45) is 7.05 Å². The van der Waals surface area contributed by atoms with Gasteiger partial charge < -0.3 is 10.0 Å². The Labute approximate surface area is 100 Å². The van der Waals surface area contributed by atoms with Crippen molar-refractivity contribution >= 4 is 5.69 Å². The average molecular weight is 232 g/mol. The number of aromatic nitrogens is 3. The molecule has 0 saturated carbocycles. The van der Waals surface area contributed by atoms with Crippen molar-refractivity contribution in [2.45, 2.75) is 13.5 Å². The third kappa shape index (κ3) is 2.55. The number of anilines is 1. The van der Waals surface area contributed by atoms with E-state index in [1.54, 1.807) is 23.1 Å². The molecule has 1 heterocycles. The van der Waals surface area contributed by atoms with Crippen LogP contribution in [0.2, 0.25) is 0 Å². The zero-order valence-electron chi connectivity index (χ0n) is 10.0. The van der Waals surface area contributed by atoms with Crippen LogP contribution in [0.5, 0.6) is 5.75 Å². The van der Waals surface area contributed by atoms with Crippen LogP contribution in [0, 0.1) is 0 Å². The monoisotopic (exact) mass is 232 g/mol. The van der Waals surface area contributed by atoms with Crippen molar-refractivity contribution in [3.63, 3.8) is 0 Å². The van der Waals surface area contributed by atoms with Crippen LogP contribution in [0.4, 0.5) is 5.69 Å². The van der Waals surface area contributed by atoms with Gasteiger partial charge in [-0.25, -0.2) is 4.98 Å². The second kappa shape index (κ2) is 4.86. The van der Waals surface area contributed by atoms with Crippen molar-refractivity contribution in [3.05, 3.63) is 36.4 Å². The maximum Gasteiger partial charge on any atom is 0.146 e. The van der Waals surface area contributed by atoms with Gasteiger partial charge in [-0.3, -0.25) is 4.68 Å². The topological polar surface area (TPSA) is 54.2 Å². The van der Waals surface area contributed by atoms with Gasteiger partial charge in [0.25, 0.3) is 0 Å². The van der Waals surface area contributed by atoms with Gasteiger partial charge in [0.05, 0.1) is 6.54 Å². The van der Waals surface area contributed by atoms with Crippen LogP contribution >= 0.6 is 0 Å². The summed E-state index contributed by atoms with van der Waals surface area (Å²) in [5.41, 5.74) is 0.982. The predicted molar refractivity (Wildman–Crippen MR) is 65.8 cm³/mol. The molecule has 0 saturated heterocycles. The fourth-order valence-corrected chi connectivity index (χ4v) is 1.71. The number of hydrogen-bond donors (Lipinski definition) is 1. The molecule has 0 atom stereocenters. The molecule has 5 nitrogen and oxygen atoms in total. The highest BCUT2D eigenvalue weighted by Crippen LogP contribution is 2.21. The summed E-state index contributed by atoms with van der Waals surface area (Å²) >= 11 is 0. The lowest BCUT2D eigenvalue weighted by Crippen LogP contribution is -2.23. The van der Waals surface area contributed by atoms with Crippen molar-refractivity contribution in [3.8, 4) is 5.75 Å². The number of nitrogens with zero attached hydrogens (tertiary/aromatic N) is 4. The van der Waals surface area contributed by atoms with E-state index in [1.807, 2.05) is 19.2 Å². The quantitative estimate of drug-likeness (QED) is 0.869. The number of aromatic hydroxyl groups is 1. The van der Waals surface area contributed by atoms with Crippen LogP contribution in [-0.2, 0) is 13.6 Å². The SMILES string of the molecule is CCN(Cc1ncnn1C)c1cccc(O)c1. The molecular weight excluding hydrogens is 216 g/mol. The summed E-state index contributed by atoms with van der Waals surface area (Å²) in [6.45, 7) is 3.59. The number of hydrogen-bond acceptors (Lipinski definition) is 4. The molecule has 5 heteroatoms. The standard InChI is InChI=1S/C12H16N4O/c1-3-16(8-12-13-9-14-15(12)2)10-5-4-6-11(17)7-10/h4-7,9,17H,3,8H2,1-2H3. The van der Waals surface area contributed by atoms with Gasteiger partial charge in [-0.15, -0.1) is 0 Å². The van der Waals surface area contributed by atoms with Gasteiger partial charge in [0.15, 0.2) is 0 Å². The Hall–Kier alpha value is -2.04. The van der Waals surface area contributed by atoms with Gasteiger partial charge in [0.2, 0.25) is 0 Å². The molecule has 0 aliphatic carbocycles. The Morgan fingerprint density at radius 3 is 2.82 bits per heavy atom. The first-order valence-corrected chi connectivity index (χ1v) is 5.57. The fraction of sp³-hybridized carbons (Fsp3) is 0.333. The summed E-state index contributed by atoms with van der Waals surface area (Å²) in [4.78, 5) is 6.33. The van der Waals surface area contributed by atoms with E-state index in [-0.39, 0.29) is 5.75 Å². The molecule has 0 spiro atoms. The fourth-order valence-electron chi connectivity index (χ4n) is 1.71. The molecule has 0 fully saturated rings. The van der Waals surface area contributed by atoms with E-state index in [2.05, 4.69) is 21.9 Å². The molecule has 0 amide bonds. The van der Waals surface area contributed by atoms with Gasteiger partial charge in [-0.1, -0.05) is 6.07 Å². The Morgan fingerprint density at radius 1 is 1.41 bits per heavy atom. The van der Waals surface area contributed by atoms with Gasteiger partial charge in [-0.2, -0.15) is 5.10 Å². The third-order valence-electron chi connectivity index (χ3n) is 2.71. The first-order chi connectivity index (χ1) is 8.20. The maximum atomic E-state index is 9.48. The summed E-state index contributed by atoms with van der Waals surface area (Å²) in [6.07, 6.45) is 1.55. The normalized spacial score (nSPS) is 10.5. The zero-order chi connectivity index (χ0) is 12.3. The van der Waals surface area contributed by atoms with Gasteiger partial charge in [-0.05, 0) is 19.1 Å². The Morgan fingerprint density at radius 2 is 2.24 bits per heavy atom. The summed E-state index contributed by atoms with van der Waals surface area (Å²) < 4.78 is 1.76. The molecule has 0 aliphatic rings. The van der Waals surface area contributed by atoms with E-state index in [4.69, 9.17) is 0 Å². The molecule has 2 rings (SSSR count). The molecule has 90 valence electrons. The highest BCUT2D eigenvalue weighted by atomic mass is 16.3. The highest BCUT2D eigenvalue weighted by Gasteiger charge is 2.09. The molecule has 1 N–H and O–H groups in total. The molecule has 1 aromatic heterocycles. The number of aryl methyl sites for hydroxylation is 1. The van der Waals surface area contributed by atoms with Crippen molar-refractivity contribution < 1.29 is 5.11 Å². The van der Waals surface area contributed by atoms with Gasteiger partial charge in [0.1, 0.15) is 17.9 Å². The van der Waals surface area contributed by atoms with Crippen LogP contribution < -0.4 is 4.90 Å². The molecule has 2 aromatic rings. The largest absolute Gasteiger partial charge is 0.508 e. The number of benzene rings is 1. The minimum absolute atomic E-state index is 0.277. The van der Waals surface area contributed by atoms with Crippen molar-refractivity contribution in [1.82, 2.24) is 14.8 Å². The molecule has 1 aromatic carbocycles. The highest BCUT2D eigenvalue weighted by molar-refractivity contribution is 5.50. The molecule has 0 bridgehead atoms. The predicted octanol–water partition coefficient (Wildman–Crippen LogP) is 1.55. The summed E-state index contributed by atoms with van der Waals surface area (Å²) in [5, 5.41) is 13.5. The van der Waals surface area contributed by atoms with E-state index in [1.165, 1.54) is 0 Å². The zero-order valence-corrected chi connectivity index (χ0v) is 10.0. The third-order valence-corrected chi connectivity index (χ3v) is 2.71. The van der Waals surface area contributed by atoms with Crippen LogP contribution in [0.15, 0.2) is 30.6 Å². The van der Waals surface area contributed by atoms with E-state index in [9.17, 15) is 5.11 Å². The van der Waals surface area contributed by atoms with Crippen molar-refractivity contribution in [2.75, 3.05) is 11.4 Å². The molecule has 0 unspecified atom stereocenters. The number of phenols is 1. The second-order valence-corrected chi connectivity index (χ2v) is 3.83. The minimum Gasteiger partial charge on any atom is -0.508 e. The van der Waals surface area contributed by atoms with Crippen LogP contribution in [0.1, 0.15) is 12.7 Å². The molecule has 0 aliphatic heterocycles. The lowest BCUT2D eigenvalue weighted by molar-refractivity contribution is 0.475. The van der Waals surface area contributed by atoms with Gasteiger partial charge in [0, 0.05) is 25.3 Å². The van der Waals surface area contributed by atoms with Crippen LogP contribution in [0.3, 0.4) is 0 Å². The van der Waals surface area contributed by atoms with E-state index >= 15 is 0 Å². The van der Waals surface area contributed by atoms with Crippen LogP contribution in [-0.4, -0.2) is 26.4 Å². The summed E-state index contributed by atoms with van der Waals surface area (Å²) in [5.74, 6) is 1.18. The second-order valence-electron chi connectivity index (χ2n) is 3.83. The van der Waals surface area contributed by atoms with Crippen LogP contribution in [0.25, 0.3) is 0 Å². The van der Waals surface area contributed by atoms with E-state index < -0.39 is 0 Å². The molecular formula is C12H16N4O. The molecule has 0 radical (unpaired) electrons. The Bertz CT molecular complexity index is 495. The Balaban J connectivity index is 2.20. The maximum absolute atomic E-state index is 9.48. The number of rotatable bonds is 4. The first kappa shape index (κ1) is 11.4. The van der Waals surface area contributed by atoms with Gasteiger partial charge >= 0.3 is 0 Å². The van der Waals surface area contributed by atoms with E-state index in [0.717, 1.165) is 18.1 Å². The Kier molecular flexibility index (Phi) is 3.27. The lowest BCUT2D eigenvalue weighted by Gasteiger charge is -2.22. The lowest BCUT2D eigenvalue weighted by atomic mass is 10.2. The average Bonchev–Trinajstić information content (AvgIpc) is 2.71. The first-order valence-electron chi connectivity index (χ1n) is 5.57. The summed E-state index contributed by atoms with van der Waals surface area (Å²) in [7, 11) is 1.87. The summed E-state index contributed by atoms with van der Waals surface area (Å²) in [6, 6.07) is 7.23. The van der Waals surface area contributed by atoms with Crippen molar-refractivity contribution in [1.29, 1.82) is 0 Å². The van der Waals surface area contributed by atoms with E-state index in [0.29, 0.717) is 6.54 Å². The smallest absolute Gasteiger partial charge is 0.146 e. The number of phenolic OH excluding ortho intramolecular Hbond substituents is 1. The molecule has 17 heavy (non-hydrogen) atoms.